The van der Waals surface area contributed by atoms with E-state index >= 15 is 0 Å². The Morgan fingerprint density at radius 2 is 1.61 bits per heavy atom. The summed E-state index contributed by atoms with van der Waals surface area (Å²) in [6, 6.07) is 18.0. The molecule has 0 bridgehead atoms. The molecule has 4 aromatic rings. The summed E-state index contributed by atoms with van der Waals surface area (Å²) in [5.41, 5.74) is 4.04. The smallest absolute Gasteiger partial charge is 0.251 e. The van der Waals surface area contributed by atoms with Crippen LogP contribution < -0.4 is 10.6 Å². The van der Waals surface area contributed by atoms with Crippen LogP contribution in [0.2, 0.25) is 0 Å². The minimum absolute atomic E-state index is 0.0708. The standard InChI is InChI=1S/C25H26N4OS/c1-4-21-13-22-23(28-17(3)29-25(22)31-21)26-14-19-9-11-20(12-10-19)24(30)27-15-18-7-5-16(2)6-8-18/h5-13H,4,14-15H2,1-3H3,(H,27,30)(H,26,28,29). The predicted molar refractivity (Wildman–Crippen MR) is 128 cm³/mol. The van der Waals surface area contributed by atoms with E-state index in [1.807, 2.05) is 43.3 Å². The Morgan fingerprint density at radius 3 is 2.32 bits per heavy atom. The highest BCUT2D eigenvalue weighted by Gasteiger charge is 2.10. The van der Waals surface area contributed by atoms with Gasteiger partial charge in [0.2, 0.25) is 0 Å². The van der Waals surface area contributed by atoms with Crippen LogP contribution in [0.1, 0.15) is 44.7 Å². The molecule has 0 aliphatic rings. The van der Waals surface area contributed by atoms with Crippen molar-refractivity contribution in [3.05, 3.63) is 87.6 Å². The van der Waals surface area contributed by atoms with E-state index < -0.39 is 0 Å². The van der Waals surface area contributed by atoms with Gasteiger partial charge in [0.1, 0.15) is 16.5 Å². The molecule has 0 unspecified atom stereocenters. The first-order valence-electron chi connectivity index (χ1n) is 10.5. The number of benzene rings is 2. The molecule has 0 atom stereocenters. The molecule has 2 N–H and O–H groups in total. The highest BCUT2D eigenvalue weighted by molar-refractivity contribution is 7.18. The van der Waals surface area contributed by atoms with E-state index in [9.17, 15) is 4.79 Å². The molecule has 158 valence electrons. The van der Waals surface area contributed by atoms with Crippen molar-refractivity contribution >= 4 is 33.3 Å². The van der Waals surface area contributed by atoms with Gasteiger partial charge < -0.3 is 10.6 Å². The van der Waals surface area contributed by atoms with Gasteiger partial charge in [0.15, 0.2) is 0 Å². The highest BCUT2D eigenvalue weighted by atomic mass is 32.1. The normalized spacial score (nSPS) is 10.9. The average molecular weight is 431 g/mol. The van der Waals surface area contributed by atoms with Crippen LogP contribution in [0.25, 0.3) is 10.2 Å². The number of fused-ring (bicyclic) bond motifs is 1. The number of aromatic nitrogens is 2. The number of hydrogen-bond donors (Lipinski definition) is 2. The molecule has 6 heteroatoms. The highest BCUT2D eigenvalue weighted by Crippen LogP contribution is 2.29. The van der Waals surface area contributed by atoms with Gasteiger partial charge in [-0.2, -0.15) is 0 Å². The molecular formula is C25H26N4OS. The molecule has 0 spiro atoms. The molecule has 2 heterocycles. The van der Waals surface area contributed by atoms with Gasteiger partial charge in [0.05, 0.1) is 5.39 Å². The fourth-order valence-corrected chi connectivity index (χ4v) is 4.35. The third-order valence-corrected chi connectivity index (χ3v) is 6.33. The topological polar surface area (TPSA) is 66.9 Å². The van der Waals surface area contributed by atoms with Gasteiger partial charge in [0, 0.05) is 23.5 Å². The van der Waals surface area contributed by atoms with Crippen LogP contribution in [0.3, 0.4) is 0 Å². The molecule has 0 saturated heterocycles. The van der Waals surface area contributed by atoms with E-state index in [1.54, 1.807) is 11.3 Å². The van der Waals surface area contributed by atoms with Crippen molar-refractivity contribution in [2.45, 2.75) is 40.3 Å². The second kappa shape index (κ2) is 9.27. The molecule has 0 radical (unpaired) electrons. The summed E-state index contributed by atoms with van der Waals surface area (Å²) in [5, 5.41) is 7.48. The first-order valence-corrected chi connectivity index (χ1v) is 11.3. The summed E-state index contributed by atoms with van der Waals surface area (Å²) >= 11 is 1.72. The number of thiophene rings is 1. The zero-order valence-electron chi connectivity index (χ0n) is 18.0. The molecule has 4 rings (SSSR count). The molecule has 0 aliphatic heterocycles. The van der Waals surface area contributed by atoms with Crippen LogP contribution in [-0.2, 0) is 19.5 Å². The molecule has 1 amide bonds. The molecule has 2 aromatic heterocycles. The van der Waals surface area contributed by atoms with Crippen molar-refractivity contribution in [2.75, 3.05) is 5.32 Å². The van der Waals surface area contributed by atoms with Gasteiger partial charge in [-0.3, -0.25) is 4.79 Å². The second-order valence-corrected chi connectivity index (χ2v) is 8.74. The zero-order valence-corrected chi connectivity index (χ0v) is 18.8. The molecule has 0 fully saturated rings. The largest absolute Gasteiger partial charge is 0.365 e. The molecule has 5 nitrogen and oxygen atoms in total. The van der Waals surface area contributed by atoms with E-state index in [0.29, 0.717) is 18.7 Å². The Kier molecular flexibility index (Phi) is 6.28. The number of carbonyl (C=O) groups excluding carboxylic acids is 1. The number of anilines is 1. The molecule has 2 aromatic carbocycles. The van der Waals surface area contributed by atoms with E-state index in [2.05, 4.69) is 52.6 Å². The number of nitrogens with zero attached hydrogens (tertiary/aromatic N) is 2. The maximum absolute atomic E-state index is 12.4. The van der Waals surface area contributed by atoms with Crippen LogP contribution in [0.4, 0.5) is 5.82 Å². The number of carbonyl (C=O) groups is 1. The fourth-order valence-electron chi connectivity index (χ4n) is 3.34. The second-order valence-electron chi connectivity index (χ2n) is 7.62. The number of amides is 1. The van der Waals surface area contributed by atoms with Crippen LogP contribution in [-0.4, -0.2) is 15.9 Å². The zero-order chi connectivity index (χ0) is 21.8. The van der Waals surface area contributed by atoms with E-state index in [0.717, 1.165) is 39.4 Å². The molecule has 0 aliphatic carbocycles. The number of aryl methyl sites for hydroxylation is 3. The first-order chi connectivity index (χ1) is 15.0. The fraction of sp³-hybridized carbons (Fsp3) is 0.240. The summed E-state index contributed by atoms with van der Waals surface area (Å²) in [6.07, 6.45) is 0.993. The third kappa shape index (κ3) is 5.09. The number of nitrogens with one attached hydrogen (secondary N) is 2. The lowest BCUT2D eigenvalue weighted by atomic mass is 10.1. The van der Waals surface area contributed by atoms with Crippen LogP contribution in [0.5, 0.6) is 0 Å². The quantitative estimate of drug-likeness (QED) is 0.411. The summed E-state index contributed by atoms with van der Waals surface area (Å²) in [7, 11) is 0. The number of rotatable bonds is 7. The van der Waals surface area contributed by atoms with Crippen molar-refractivity contribution in [3.63, 3.8) is 0 Å². The maximum Gasteiger partial charge on any atom is 0.251 e. The molecule has 0 saturated carbocycles. The minimum atomic E-state index is -0.0708. The van der Waals surface area contributed by atoms with E-state index in [-0.39, 0.29) is 5.91 Å². The van der Waals surface area contributed by atoms with Gasteiger partial charge in [-0.15, -0.1) is 11.3 Å². The van der Waals surface area contributed by atoms with Gasteiger partial charge in [-0.1, -0.05) is 48.9 Å². The minimum Gasteiger partial charge on any atom is -0.365 e. The van der Waals surface area contributed by atoms with Crippen LogP contribution in [0.15, 0.2) is 54.6 Å². The summed E-state index contributed by atoms with van der Waals surface area (Å²) in [6.45, 7) is 7.27. The van der Waals surface area contributed by atoms with Crippen molar-refractivity contribution in [2.24, 2.45) is 0 Å². The summed E-state index contributed by atoms with van der Waals surface area (Å²) in [5.74, 6) is 1.55. The predicted octanol–water partition coefficient (Wildman–Crippen LogP) is 5.41. The van der Waals surface area contributed by atoms with Crippen molar-refractivity contribution in [1.82, 2.24) is 15.3 Å². The molecule has 31 heavy (non-hydrogen) atoms. The average Bonchev–Trinajstić information content (AvgIpc) is 3.20. The van der Waals surface area contributed by atoms with Gasteiger partial charge in [0.25, 0.3) is 5.91 Å². The third-order valence-electron chi connectivity index (χ3n) is 5.15. The van der Waals surface area contributed by atoms with Gasteiger partial charge in [-0.05, 0) is 49.6 Å². The Bertz CT molecular complexity index is 1200. The van der Waals surface area contributed by atoms with Crippen LogP contribution in [0, 0.1) is 13.8 Å². The maximum atomic E-state index is 12.4. The summed E-state index contributed by atoms with van der Waals surface area (Å²) < 4.78 is 0. The Balaban J connectivity index is 1.38. The summed E-state index contributed by atoms with van der Waals surface area (Å²) in [4.78, 5) is 23.9. The first kappa shape index (κ1) is 21.0. The molecular weight excluding hydrogens is 404 g/mol. The van der Waals surface area contributed by atoms with Crippen molar-refractivity contribution in [3.8, 4) is 0 Å². The monoisotopic (exact) mass is 430 g/mol. The Hall–Kier alpha value is -3.25. The van der Waals surface area contributed by atoms with Gasteiger partial charge in [-0.25, -0.2) is 9.97 Å². The SMILES string of the molecule is CCc1cc2c(NCc3ccc(C(=O)NCc4ccc(C)cc4)cc3)nc(C)nc2s1. The van der Waals surface area contributed by atoms with Crippen molar-refractivity contribution in [1.29, 1.82) is 0 Å². The van der Waals surface area contributed by atoms with E-state index in [1.165, 1.54) is 10.4 Å². The lowest BCUT2D eigenvalue weighted by molar-refractivity contribution is 0.0951. The number of hydrogen-bond acceptors (Lipinski definition) is 5. The van der Waals surface area contributed by atoms with Crippen molar-refractivity contribution < 1.29 is 4.79 Å². The lowest BCUT2D eigenvalue weighted by Gasteiger charge is -2.09. The van der Waals surface area contributed by atoms with Crippen LogP contribution >= 0.6 is 11.3 Å². The Labute approximate surface area is 186 Å². The van der Waals surface area contributed by atoms with E-state index in [4.69, 9.17) is 0 Å². The Morgan fingerprint density at radius 1 is 0.935 bits per heavy atom. The lowest BCUT2D eigenvalue weighted by Crippen LogP contribution is -2.22. The van der Waals surface area contributed by atoms with Gasteiger partial charge >= 0.3 is 0 Å².